The minimum absolute atomic E-state index is 0.0269. The molecule has 1 atom stereocenters. The highest BCUT2D eigenvalue weighted by Gasteiger charge is 2.49. The molecule has 212 valence electrons. The zero-order chi connectivity index (χ0) is 29.3. The van der Waals surface area contributed by atoms with Gasteiger partial charge in [0.2, 0.25) is 0 Å². The number of hydrogen-bond donors (Lipinski definition) is 1. The highest BCUT2D eigenvalue weighted by atomic mass is 16.2. The fourth-order valence-corrected chi connectivity index (χ4v) is 5.91. The molecule has 4 aromatic rings. The first-order chi connectivity index (χ1) is 20.3. The van der Waals surface area contributed by atoms with Crippen LogP contribution in [-0.4, -0.2) is 32.6 Å². The second-order valence-corrected chi connectivity index (χ2v) is 11.6. The van der Waals surface area contributed by atoms with E-state index < -0.39 is 5.54 Å². The van der Waals surface area contributed by atoms with Gasteiger partial charge in [0.15, 0.2) is 11.5 Å². The van der Waals surface area contributed by atoms with Crippen molar-refractivity contribution in [2.75, 3.05) is 0 Å². The van der Waals surface area contributed by atoms with Crippen LogP contribution in [0.25, 0.3) is 11.1 Å². The van der Waals surface area contributed by atoms with Gasteiger partial charge in [0.1, 0.15) is 0 Å². The van der Waals surface area contributed by atoms with Crippen molar-refractivity contribution >= 4 is 17.8 Å². The van der Waals surface area contributed by atoms with E-state index in [0.717, 1.165) is 28.7 Å². The zero-order valence-electron chi connectivity index (χ0n) is 24.0. The number of aliphatic imine (C=N–C) groups is 1. The van der Waals surface area contributed by atoms with Crippen molar-refractivity contribution in [2.45, 2.75) is 51.9 Å². The Morgan fingerprint density at radius 2 is 1.67 bits per heavy atom. The van der Waals surface area contributed by atoms with Gasteiger partial charge < -0.3 is 10.6 Å². The normalized spacial score (nSPS) is 18.0. The number of amides is 2. The van der Waals surface area contributed by atoms with Gasteiger partial charge in [0.05, 0.1) is 6.54 Å². The molecule has 1 aromatic heterocycles. The summed E-state index contributed by atoms with van der Waals surface area (Å²) in [5.74, 6) is 0.417. The first-order valence-electron chi connectivity index (χ1n) is 14.5. The highest BCUT2D eigenvalue weighted by Crippen LogP contribution is 2.40. The molecule has 2 aliphatic heterocycles. The van der Waals surface area contributed by atoms with Crippen LogP contribution >= 0.6 is 0 Å². The van der Waals surface area contributed by atoms with Crippen LogP contribution in [0.15, 0.2) is 102 Å². The third-order valence-electron chi connectivity index (χ3n) is 8.24. The summed E-state index contributed by atoms with van der Waals surface area (Å²) >= 11 is 0. The van der Waals surface area contributed by atoms with E-state index in [1.165, 1.54) is 11.1 Å². The lowest BCUT2D eigenvalue weighted by Crippen LogP contribution is -2.42. The van der Waals surface area contributed by atoms with Gasteiger partial charge in [-0.2, -0.15) is 0 Å². The van der Waals surface area contributed by atoms with Gasteiger partial charge in [-0.15, -0.1) is 0 Å². The summed E-state index contributed by atoms with van der Waals surface area (Å²) in [6, 6.07) is 27.5. The molecule has 2 amide bonds. The molecule has 0 fully saturated rings. The average Bonchev–Trinajstić information content (AvgIpc) is 3.55. The summed E-state index contributed by atoms with van der Waals surface area (Å²) in [6.07, 6.45) is 4.92. The molecule has 0 spiro atoms. The summed E-state index contributed by atoms with van der Waals surface area (Å²) in [5, 5.41) is 0. The van der Waals surface area contributed by atoms with Crippen molar-refractivity contribution in [3.8, 4) is 11.1 Å². The maximum Gasteiger partial charge on any atom is 0.262 e. The lowest BCUT2D eigenvalue weighted by molar-refractivity contribution is -0.132. The maximum atomic E-state index is 14.3. The largest absolute Gasteiger partial charge is 0.369 e. The van der Waals surface area contributed by atoms with Gasteiger partial charge in [0, 0.05) is 31.0 Å². The number of aromatic nitrogens is 1. The standard InChI is InChI=1S/C35H35N5O2/c1-24(2)15-16-35(31-14-6-11-26(19-31)28-13-7-17-37-20-28)33(42)40(34(36)38-35)21-25-8-5-12-27(18-25)32(41)39-22-29-9-3-4-10-30(29)23-39/h3-14,17-20,24H,15-16,21-23H2,1-2H3,(H2,36,38). The lowest BCUT2D eigenvalue weighted by Gasteiger charge is -2.28. The number of nitrogens with two attached hydrogens (primary N) is 1. The SMILES string of the molecule is CC(C)CCC1(c2cccc(-c3cccnc3)c2)N=C(N)N(Cc2cccc(C(=O)N3Cc4ccccc4C3)c2)C1=O. The van der Waals surface area contributed by atoms with E-state index in [4.69, 9.17) is 10.7 Å². The van der Waals surface area contributed by atoms with Crippen molar-refractivity contribution in [2.24, 2.45) is 16.6 Å². The van der Waals surface area contributed by atoms with Crippen LogP contribution in [0.4, 0.5) is 0 Å². The van der Waals surface area contributed by atoms with Crippen molar-refractivity contribution < 1.29 is 9.59 Å². The van der Waals surface area contributed by atoms with Gasteiger partial charge >= 0.3 is 0 Å². The van der Waals surface area contributed by atoms with Crippen LogP contribution in [0, 0.1) is 5.92 Å². The molecule has 7 heteroatoms. The quantitative estimate of drug-likeness (QED) is 0.292. The Bertz CT molecular complexity index is 1640. The van der Waals surface area contributed by atoms with Gasteiger partial charge in [0.25, 0.3) is 11.8 Å². The van der Waals surface area contributed by atoms with E-state index in [9.17, 15) is 9.59 Å². The first kappa shape index (κ1) is 27.4. The lowest BCUT2D eigenvalue weighted by atomic mass is 9.82. The van der Waals surface area contributed by atoms with E-state index in [0.29, 0.717) is 31.0 Å². The van der Waals surface area contributed by atoms with Crippen LogP contribution in [0.1, 0.15) is 59.3 Å². The predicted molar refractivity (Wildman–Crippen MR) is 164 cm³/mol. The molecule has 0 saturated carbocycles. The second-order valence-electron chi connectivity index (χ2n) is 11.6. The maximum absolute atomic E-state index is 14.3. The number of hydrogen-bond acceptors (Lipinski definition) is 5. The van der Waals surface area contributed by atoms with E-state index in [1.807, 2.05) is 83.9 Å². The van der Waals surface area contributed by atoms with E-state index >= 15 is 0 Å². The van der Waals surface area contributed by atoms with E-state index in [-0.39, 0.29) is 24.3 Å². The molecule has 0 bridgehead atoms. The number of fused-ring (bicyclic) bond motifs is 1. The van der Waals surface area contributed by atoms with Crippen molar-refractivity contribution in [1.29, 1.82) is 0 Å². The summed E-state index contributed by atoms with van der Waals surface area (Å²) in [7, 11) is 0. The van der Waals surface area contributed by atoms with Crippen molar-refractivity contribution in [3.05, 3.63) is 125 Å². The Kier molecular flexibility index (Phi) is 7.33. The molecular formula is C35H35N5O2. The molecule has 6 rings (SSSR count). The van der Waals surface area contributed by atoms with Crippen LogP contribution in [0.5, 0.6) is 0 Å². The molecule has 3 aromatic carbocycles. The number of rotatable bonds is 8. The minimum Gasteiger partial charge on any atom is -0.369 e. The summed E-state index contributed by atoms with van der Waals surface area (Å²) < 4.78 is 0. The first-order valence-corrected chi connectivity index (χ1v) is 14.5. The number of benzene rings is 3. The van der Waals surface area contributed by atoms with E-state index in [2.05, 4.69) is 31.0 Å². The number of nitrogens with zero attached hydrogens (tertiary/aromatic N) is 4. The molecule has 42 heavy (non-hydrogen) atoms. The fourth-order valence-electron chi connectivity index (χ4n) is 5.91. The number of guanidine groups is 1. The molecule has 2 aliphatic rings. The Labute approximate surface area is 246 Å². The van der Waals surface area contributed by atoms with Gasteiger partial charge in [-0.05, 0) is 76.4 Å². The molecule has 1 unspecified atom stereocenters. The molecule has 3 heterocycles. The molecule has 2 N–H and O–H groups in total. The fraction of sp³-hybridized carbons (Fsp3) is 0.257. The summed E-state index contributed by atoms with van der Waals surface area (Å²) in [4.78, 5) is 40.3. The Balaban J connectivity index is 1.27. The van der Waals surface area contributed by atoms with Gasteiger partial charge in [-0.3, -0.25) is 19.5 Å². The summed E-state index contributed by atoms with van der Waals surface area (Å²) in [6.45, 7) is 5.72. The molecule has 0 saturated heterocycles. The number of pyridine rings is 1. The van der Waals surface area contributed by atoms with Crippen LogP contribution < -0.4 is 5.73 Å². The third kappa shape index (κ3) is 5.18. The Morgan fingerprint density at radius 3 is 2.38 bits per heavy atom. The molecule has 0 aliphatic carbocycles. The highest BCUT2D eigenvalue weighted by molar-refractivity contribution is 6.07. The van der Waals surface area contributed by atoms with Gasteiger partial charge in [-0.1, -0.05) is 74.5 Å². The van der Waals surface area contributed by atoms with Crippen molar-refractivity contribution in [1.82, 2.24) is 14.8 Å². The van der Waals surface area contributed by atoms with Crippen molar-refractivity contribution in [3.63, 3.8) is 0 Å². The van der Waals surface area contributed by atoms with E-state index in [1.54, 1.807) is 11.1 Å². The van der Waals surface area contributed by atoms with Crippen LogP contribution in [0.2, 0.25) is 0 Å². The van der Waals surface area contributed by atoms with Crippen LogP contribution in [-0.2, 0) is 30.0 Å². The third-order valence-corrected chi connectivity index (χ3v) is 8.24. The van der Waals surface area contributed by atoms with Gasteiger partial charge in [-0.25, -0.2) is 4.99 Å². The second kappa shape index (κ2) is 11.2. The molecule has 0 radical (unpaired) electrons. The van der Waals surface area contributed by atoms with Crippen LogP contribution in [0.3, 0.4) is 0 Å². The minimum atomic E-state index is -1.11. The Morgan fingerprint density at radius 1 is 0.929 bits per heavy atom. The summed E-state index contributed by atoms with van der Waals surface area (Å²) in [5.41, 5.74) is 11.9. The smallest absolute Gasteiger partial charge is 0.262 e. The molecular weight excluding hydrogens is 522 g/mol. The number of carbonyl (C=O) groups excluding carboxylic acids is 2. The predicted octanol–water partition coefficient (Wildman–Crippen LogP) is 5.89. The zero-order valence-corrected chi connectivity index (χ0v) is 24.0. The topological polar surface area (TPSA) is 91.9 Å². The monoisotopic (exact) mass is 557 g/mol. The Hall–Kier alpha value is -4.78. The average molecular weight is 558 g/mol. The number of carbonyl (C=O) groups is 2. The molecule has 7 nitrogen and oxygen atoms in total.